The molecule has 4 N–H and O–H groups in total. The first kappa shape index (κ1) is 12.0. The summed E-state index contributed by atoms with van der Waals surface area (Å²) in [6.45, 7) is 2.55. The fourth-order valence-electron chi connectivity index (χ4n) is 1.01. The van der Waals surface area contributed by atoms with Gasteiger partial charge in [0.25, 0.3) is 0 Å². The van der Waals surface area contributed by atoms with Gasteiger partial charge in [0.1, 0.15) is 0 Å². The van der Waals surface area contributed by atoms with E-state index in [2.05, 4.69) is 20.9 Å². The number of nitrogens with zero attached hydrogens (tertiary/aromatic N) is 1. The minimum Gasteiger partial charge on any atom is -0.338 e. The number of hydrogen-bond acceptors (Lipinski definition) is 3. The molecule has 16 heavy (non-hydrogen) atoms. The van der Waals surface area contributed by atoms with E-state index in [0.717, 1.165) is 6.42 Å². The van der Waals surface area contributed by atoms with Crippen molar-refractivity contribution in [2.75, 3.05) is 11.9 Å². The van der Waals surface area contributed by atoms with Crippen LogP contribution in [0.15, 0.2) is 24.5 Å². The number of pyridine rings is 1. The van der Waals surface area contributed by atoms with Gasteiger partial charge in [-0.05, 0) is 18.6 Å². The number of amides is 2. The molecule has 0 aromatic carbocycles. The quantitative estimate of drug-likeness (QED) is 0.455. The zero-order valence-electron chi connectivity index (χ0n) is 9.08. The highest BCUT2D eigenvalue weighted by Gasteiger charge is 2.02. The van der Waals surface area contributed by atoms with Crippen molar-refractivity contribution in [3.8, 4) is 0 Å². The van der Waals surface area contributed by atoms with Crippen molar-refractivity contribution < 1.29 is 4.79 Å². The number of rotatable bonds is 3. The Labute approximate surface area is 94.0 Å². The lowest BCUT2D eigenvalue weighted by Gasteiger charge is -2.09. The van der Waals surface area contributed by atoms with Crippen molar-refractivity contribution in [1.82, 2.24) is 15.6 Å². The Hall–Kier alpha value is -2.11. The maximum absolute atomic E-state index is 11.2. The van der Waals surface area contributed by atoms with Gasteiger partial charge < -0.3 is 10.6 Å². The van der Waals surface area contributed by atoms with E-state index in [1.54, 1.807) is 24.5 Å². The number of anilines is 1. The van der Waals surface area contributed by atoms with Crippen LogP contribution in [0.1, 0.15) is 13.3 Å². The standard InChI is InChI=1S/C10H15N5O/c1-2-5-13-10(16)15-9(11)14-8-4-3-6-12-7-8/h3-4,6-7H,2,5H2,1H3,(H4,11,13,14,15,16). The van der Waals surface area contributed by atoms with Gasteiger partial charge in [-0.25, -0.2) is 4.79 Å². The summed E-state index contributed by atoms with van der Waals surface area (Å²) in [6, 6.07) is 3.11. The van der Waals surface area contributed by atoms with Crippen LogP contribution in [0.4, 0.5) is 10.5 Å². The third-order valence-corrected chi connectivity index (χ3v) is 1.70. The van der Waals surface area contributed by atoms with Crippen LogP contribution in [0.25, 0.3) is 0 Å². The van der Waals surface area contributed by atoms with Crippen LogP contribution in [0.3, 0.4) is 0 Å². The molecule has 0 aliphatic heterocycles. The van der Waals surface area contributed by atoms with Crippen LogP contribution in [0, 0.1) is 5.41 Å². The number of urea groups is 1. The van der Waals surface area contributed by atoms with Crippen LogP contribution in [0.2, 0.25) is 0 Å². The number of hydrogen-bond donors (Lipinski definition) is 4. The molecule has 1 heterocycles. The number of carbonyl (C=O) groups is 1. The van der Waals surface area contributed by atoms with E-state index in [1.807, 2.05) is 6.92 Å². The summed E-state index contributed by atoms with van der Waals surface area (Å²) < 4.78 is 0. The predicted octanol–water partition coefficient (Wildman–Crippen LogP) is 1.14. The minimum absolute atomic E-state index is 0.0818. The van der Waals surface area contributed by atoms with E-state index >= 15 is 0 Å². The molecule has 0 atom stereocenters. The molecule has 0 radical (unpaired) electrons. The highest BCUT2D eigenvalue weighted by molar-refractivity contribution is 6.01. The molecule has 0 bridgehead atoms. The Morgan fingerprint density at radius 3 is 3.00 bits per heavy atom. The van der Waals surface area contributed by atoms with Gasteiger partial charge in [-0.15, -0.1) is 0 Å². The Kier molecular flexibility index (Phi) is 4.78. The van der Waals surface area contributed by atoms with Crippen LogP contribution in [0.5, 0.6) is 0 Å². The highest BCUT2D eigenvalue weighted by atomic mass is 16.2. The molecule has 0 spiro atoms. The first-order valence-electron chi connectivity index (χ1n) is 5.03. The Bertz CT molecular complexity index is 351. The van der Waals surface area contributed by atoms with Gasteiger partial charge in [-0.2, -0.15) is 0 Å². The maximum Gasteiger partial charge on any atom is 0.321 e. The van der Waals surface area contributed by atoms with E-state index in [1.165, 1.54) is 0 Å². The summed E-state index contributed by atoms with van der Waals surface area (Å²) in [4.78, 5) is 15.1. The number of guanidine groups is 1. The monoisotopic (exact) mass is 221 g/mol. The molecule has 1 aromatic rings. The summed E-state index contributed by atoms with van der Waals surface area (Å²) in [5, 5.41) is 15.1. The third kappa shape index (κ3) is 4.41. The normalized spacial score (nSPS) is 9.31. The van der Waals surface area contributed by atoms with E-state index in [4.69, 9.17) is 5.41 Å². The molecule has 6 heteroatoms. The second kappa shape index (κ2) is 6.39. The van der Waals surface area contributed by atoms with E-state index in [9.17, 15) is 4.79 Å². The lowest BCUT2D eigenvalue weighted by molar-refractivity contribution is 0.245. The molecule has 0 aliphatic carbocycles. The van der Waals surface area contributed by atoms with Gasteiger partial charge in [-0.3, -0.25) is 15.7 Å². The molecule has 0 unspecified atom stereocenters. The average molecular weight is 221 g/mol. The molecule has 6 nitrogen and oxygen atoms in total. The zero-order valence-corrected chi connectivity index (χ0v) is 9.08. The van der Waals surface area contributed by atoms with Crippen molar-refractivity contribution in [2.24, 2.45) is 0 Å². The second-order valence-corrected chi connectivity index (χ2v) is 3.12. The average Bonchev–Trinajstić information content (AvgIpc) is 2.27. The van der Waals surface area contributed by atoms with Crippen molar-refractivity contribution in [1.29, 1.82) is 5.41 Å². The van der Waals surface area contributed by atoms with Crippen LogP contribution in [-0.2, 0) is 0 Å². The fraction of sp³-hybridized carbons (Fsp3) is 0.300. The summed E-state index contributed by atoms with van der Waals surface area (Å²) in [5.41, 5.74) is 0.656. The number of carbonyl (C=O) groups excluding carboxylic acids is 1. The second-order valence-electron chi connectivity index (χ2n) is 3.12. The lowest BCUT2D eigenvalue weighted by Crippen LogP contribution is -2.42. The van der Waals surface area contributed by atoms with Crippen LogP contribution < -0.4 is 16.0 Å². The smallest absolute Gasteiger partial charge is 0.321 e. The van der Waals surface area contributed by atoms with E-state index < -0.39 is 0 Å². The van der Waals surface area contributed by atoms with Gasteiger partial charge in [0.05, 0.1) is 11.9 Å². The molecular weight excluding hydrogens is 206 g/mol. The molecule has 2 amide bonds. The van der Waals surface area contributed by atoms with Crippen molar-refractivity contribution in [3.63, 3.8) is 0 Å². The van der Waals surface area contributed by atoms with E-state index in [-0.39, 0.29) is 12.0 Å². The summed E-state index contributed by atoms with van der Waals surface area (Å²) in [6.07, 6.45) is 4.06. The first-order valence-corrected chi connectivity index (χ1v) is 5.03. The Morgan fingerprint density at radius 2 is 2.38 bits per heavy atom. The SMILES string of the molecule is CCCNC(=O)NC(=N)Nc1cccnc1. The molecule has 0 fully saturated rings. The number of aromatic nitrogens is 1. The topological polar surface area (TPSA) is 89.9 Å². The summed E-state index contributed by atoms with van der Waals surface area (Å²) in [7, 11) is 0. The van der Waals surface area contributed by atoms with Crippen molar-refractivity contribution in [3.05, 3.63) is 24.5 Å². The maximum atomic E-state index is 11.2. The van der Waals surface area contributed by atoms with Crippen molar-refractivity contribution >= 4 is 17.7 Å². The molecule has 0 saturated heterocycles. The van der Waals surface area contributed by atoms with Gasteiger partial charge in [-0.1, -0.05) is 6.92 Å². The molecular formula is C10H15N5O. The van der Waals surface area contributed by atoms with Gasteiger partial charge >= 0.3 is 6.03 Å². The molecule has 1 rings (SSSR count). The summed E-state index contributed by atoms with van der Waals surface area (Å²) >= 11 is 0. The highest BCUT2D eigenvalue weighted by Crippen LogP contribution is 2.00. The number of nitrogens with one attached hydrogen (secondary N) is 4. The zero-order chi connectivity index (χ0) is 11.8. The van der Waals surface area contributed by atoms with Crippen LogP contribution >= 0.6 is 0 Å². The minimum atomic E-state index is -0.386. The largest absolute Gasteiger partial charge is 0.338 e. The first-order chi connectivity index (χ1) is 7.72. The third-order valence-electron chi connectivity index (χ3n) is 1.70. The Morgan fingerprint density at radius 1 is 1.56 bits per heavy atom. The van der Waals surface area contributed by atoms with Crippen molar-refractivity contribution in [2.45, 2.75) is 13.3 Å². The van der Waals surface area contributed by atoms with Gasteiger partial charge in [0.15, 0.2) is 0 Å². The van der Waals surface area contributed by atoms with Crippen LogP contribution in [-0.4, -0.2) is 23.5 Å². The Balaban J connectivity index is 2.34. The molecule has 1 aromatic heterocycles. The van der Waals surface area contributed by atoms with Gasteiger partial charge in [0.2, 0.25) is 5.96 Å². The lowest BCUT2D eigenvalue weighted by atomic mass is 10.4. The molecule has 0 aliphatic rings. The van der Waals surface area contributed by atoms with Gasteiger partial charge in [0, 0.05) is 12.7 Å². The predicted molar refractivity (Wildman–Crippen MR) is 62.4 cm³/mol. The fourth-order valence-corrected chi connectivity index (χ4v) is 1.01. The van der Waals surface area contributed by atoms with E-state index in [0.29, 0.717) is 12.2 Å². The summed E-state index contributed by atoms with van der Waals surface area (Å²) in [5.74, 6) is -0.0818. The molecule has 0 saturated carbocycles. The molecule has 86 valence electrons.